The van der Waals surface area contributed by atoms with Gasteiger partial charge >= 0.3 is 11.6 Å². The number of fused-ring (bicyclic) bond motifs is 1. The molecule has 4 heteroatoms. The number of esters is 1. The largest absolute Gasteiger partial charge is 0.465 e. The lowest BCUT2D eigenvalue weighted by atomic mass is 10.1. The number of ether oxygens (including phenoxy) is 1. The molecule has 0 spiro atoms. The van der Waals surface area contributed by atoms with Gasteiger partial charge < -0.3 is 9.15 Å². The fraction of sp³-hybridized carbons (Fsp3) is 0.0588. The quantitative estimate of drug-likeness (QED) is 0.676. The molecule has 0 bridgehead atoms. The van der Waals surface area contributed by atoms with Gasteiger partial charge in [-0.05, 0) is 23.6 Å². The highest BCUT2D eigenvalue weighted by molar-refractivity contribution is 5.95. The molecule has 0 saturated heterocycles. The predicted octanol–water partition coefficient (Wildman–Crippen LogP) is 3.25. The normalized spacial score (nSPS) is 10.5. The van der Waals surface area contributed by atoms with Gasteiger partial charge in [-0.2, -0.15) is 0 Å². The zero-order valence-electron chi connectivity index (χ0n) is 11.3. The molecule has 0 aliphatic rings. The summed E-state index contributed by atoms with van der Waals surface area (Å²) in [6.07, 6.45) is 0. The molecule has 0 fully saturated rings. The standard InChI is InChI=1S/C17H12O4/c1-20-16(18)13-8-7-12-10-15(11-5-3-2-4-6-11)21-17(19)14(12)9-13/h2-10H,1H3. The number of methoxy groups -OCH3 is 1. The molecule has 0 unspecified atom stereocenters. The highest BCUT2D eigenvalue weighted by Crippen LogP contribution is 2.22. The predicted molar refractivity (Wildman–Crippen MR) is 79.3 cm³/mol. The van der Waals surface area contributed by atoms with E-state index in [0.717, 1.165) is 10.9 Å². The number of benzene rings is 2. The summed E-state index contributed by atoms with van der Waals surface area (Å²) in [6, 6.07) is 16.0. The number of hydrogen-bond acceptors (Lipinski definition) is 4. The average molecular weight is 280 g/mol. The maximum Gasteiger partial charge on any atom is 0.344 e. The monoisotopic (exact) mass is 280 g/mol. The van der Waals surface area contributed by atoms with Crippen LogP contribution in [0.25, 0.3) is 22.1 Å². The number of carbonyl (C=O) groups is 1. The Hall–Kier alpha value is -2.88. The third kappa shape index (κ3) is 2.43. The minimum atomic E-state index is -0.483. The van der Waals surface area contributed by atoms with Gasteiger partial charge in [0.25, 0.3) is 0 Å². The number of hydrogen-bond donors (Lipinski definition) is 0. The fourth-order valence-electron chi connectivity index (χ4n) is 2.17. The lowest BCUT2D eigenvalue weighted by Crippen LogP contribution is -2.05. The van der Waals surface area contributed by atoms with Crippen LogP contribution in [-0.2, 0) is 4.74 Å². The van der Waals surface area contributed by atoms with Crippen LogP contribution in [0.2, 0.25) is 0 Å². The Balaban J connectivity index is 2.18. The van der Waals surface area contributed by atoms with E-state index in [1.54, 1.807) is 18.2 Å². The second kappa shape index (κ2) is 5.25. The second-order valence-electron chi connectivity index (χ2n) is 4.56. The third-order valence-corrected chi connectivity index (χ3v) is 3.24. The van der Waals surface area contributed by atoms with Crippen LogP contribution >= 0.6 is 0 Å². The average Bonchev–Trinajstić information content (AvgIpc) is 2.54. The van der Waals surface area contributed by atoms with E-state index in [9.17, 15) is 9.59 Å². The maximum absolute atomic E-state index is 12.1. The Kier molecular flexibility index (Phi) is 3.28. The van der Waals surface area contributed by atoms with Crippen molar-refractivity contribution >= 4 is 16.7 Å². The fourth-order valence-corrected chi connectivity index (χ4v) is 2.17. The van der Waals surface area contributed by atoms with E-state index in [4.69, 9.17) is 4.42 Å². The van der Waals surface area contributed by atoms with Crippen molar-refractivity contribution in [3.05, 3.63) is 70.6 Å². The molecule has 3 aromatic rings. The Morgan fingerprint density at radius 2 is 1.81 bits per heavy atom. The summed E-state index contributed by atoms with van der Waals surface area (Å²) >= 11 is 0. The first-order chi connectivity index (χ1) is 10.2. The summed E-state index contributed by atoms with van der Waals surface area (Å²) in [4.78, 5) is 23.6. The van der Waals surface area contributed by atoms with Crippen molar-refractivity contribution in [1.82, 2.24) is 0 Å². The molecule has 0 aliphatic carbocycles. The number of carbonyl (C=O) groups excluding carboxylic acids is 1. The topological polar surface area (TPSA) is 56.5 Å². The molecule has 3 rings (SSSR count). The summed E-state index contributed by atoms with van der Waals surface area (Å²) in [5.41, 5.74) is 0.676. The minimum absolute atomic E-state index is 0.324. The summed E-state index contributed by atoms with van der Waals surface area (Å²) < 4.78 is 9.98. The molecule has 0 N–H and O–H groups in total. The Bertz CT molecular complexity index is 863. The Morgan fingerprint density at radius 1 is 1.05 bits per heavy atom. The van der Waals surface area contributed by atoms with E-state index in [0.29, 0.717) is 16.7 Å². The van der Waals surface area contributed by atoms with Gasteiger partial charge in [-0.3, -0.25) is 0 Å². The maximum atomic E-state index is 12.1. The summed E-state index contributed by atoms with van der Waals surface area (Å²) in [6.45, 7) is 0. The SMILES string of the molecule is COC(=O)c1ccc2cc(-c3ccccc3)oc(=O)c2c1. The van der Waals surface area contributed by atoms with Crippen LogP contribution in [-0.4, -0.2) is 13.1 Å². The lowest BCUT2D eigenvalue weighted by molar-refractivity contribution is 0.0601. The zero-order chi connectivity index (χ0) is 14.8. The van der Waals surface area contributed by atoms with Crippen LogP contribution in [0.4, 0.5) is 0 Å². The molecule has 4 nitrogen and oxygen atoms in total. The van der Waals surface area contributed by atoms with E-state index in [1.807, 2.05) is 30.3 Å². The van der Waals surface area contributed by atoms with Crippen molar-refractivity contribution in [2.75, 3.05) is 7.11 Å². The van der Waals surface area contributed by atoms with Gasteiger partial charge in [0.1, 0.15) is 5.76 Å². The van der Waals surface area contributed by atoms with Gasteiger partial charge in [-0.25, -0.2) is 9.59 Å². The molecule has 1 aromatic heterocycles. The Labute approximate surface area is 120 Å². The van der Waals surface area contributed by atoms with Crippen molar-refractivity contribution in [2.24, 2.45) is 0 Å². The molecule has 104 valence electrons. The summed E-state index contributed by atoms with van der Waals surface area (Å²) in [5, 5.41) is 1.08. The van der Waals surface area contributed by atoms with Gasteiger partial charge in [0.05, 0.1) is 18.1 Å². The van der Waals surface area contributed by atoms with Gasteiger partial charge in [-0.15, -0.1) is 0 Å². The van der Waals surface area contributed by atoms with E-state index in [1.165, 1.54) is 13.2 Å². The molecular weight excluding hydrogens is 268 g/mol. The van der Waals surface area contributed by atoms with E-state index in [2.05, 4.69) is 4.74 Å². The lowest BCUT2D eigenvalue weighted by Gasteiger charge is -2.04. The van der Waals surface area contributed by atoms with Crippen LogP contribution < -0.4 is 5.63 Å². The summed E-state index contributed by atoms with van der Waals surface area (Å²) in [5.74, 6) is 0.0161. The van der Waals surface area contributed by atoms with E-state index in [-0.39, 0.29) is 0 Å². The van der Waals surface area contributed by atoms with Crippen molar-refractivity contribution in [2.45, 2.75) is 0 Å². The number of rotatable bonds is 2. The molecule has 0 amide bonds. The first-order valence-corrected chi connectivity index (χ1v) is 6.40. The van der Waals surface area contributed by atoms with Crippen LogP contribution in [0, 0.1) is 0 Å². The van der Waals surface area contributed by atoms with Gasteiger partial charge in [-0.1, -0.05) is 36.4 Å². The molecule has 0 saturated carbocycles. The van der Waals surface area contributed by atoms with Crippen molar-refractivity contribution in [3.63, 3.8) is 0 Å². The second-order valence-corrected chi connectivity index (χ2v) is 4.56. The highest BCUT2D eigenvalue weighted by atomic mass is 16.5. The molecule has 0 atom stereocenters. The molecule has 1 heterocycles. The Morgan fingerprint density at radius 3 is 2.52 bits per heavy atom. The first kappa shape index (κ1) is 13.1. The van der Waals surface area contributed by atoms with Crippen LogP contribution in [0.1, 0.15) is 10.4 Å². The van der Waals surface area contributed by atoms with E-state index < -0.39 is 11.6 Å². The van der Waals surface area contributed by atoms with Crippen molar-refractivity contribution in [1.29, 1.82) is 0 Å². The van der Waals surface area contributed by atoms with Crippen molar-refractivity contribution < 1.29 is 13.9 Å². The van der Waals surface area contributed by atoms with Crippen LogP contribution in [0.3, 0.4) is 0 Å². The minimum Gasteiger partial charge on any atom is -0.465 e. The molecular formula is C17H12O4. The first-order valence-electron chi connectivity index (χ1n) is 6.40. The highest BCUT2D eigenvalue weighted by Gasteiger charge is 2.10. The van der Waals surface area contributed by atoms with Crippen LogP contribution in [0.15, 0.2) is 63.8 Å². The van der Waals surface area contributed by atoms with Gasteiger partial charge in [0.15, 0.2) is 0 Å². The molecule has 2 aromatic carbocycles. The molecule has 0 radical (unpaired) electrons. The van der Waals surface area contributed by atoms with Crippen molar-refractivity contribution in [3.8, 4) is 11.3 Å². The van der Waals surface area contributed by atoms with E-state index >= 15 is 0 Å². The summed E-state index contributed by atoms with van der Waals surface area (Å²) in [7, 11) is 1.30. The van der Waals surface area contributed by atoms with Crippen LogP contribution in [0.5, 0.6) is 0 Å². The van der Waals surface area contributed by atoms with Gasteiger partial charge in [0, 0.05) is 5.56 Å². The molecule has 21 heavy (non-hydrogen) atoms. The zero-order valence-corrected chi connectivity index (χ0v) is 11.3. The molecule has 0 aliphatic heterocycles. The third-order valence-electron chi connectivity index (χ3n) is 3.24. The van der Waals surface area contributed by atoms with Gasteiger partial charge in [0.2, 0.25) is 0 Å². The smallest absolute Gasteiger partial charge is 0.344 e.